The predicted molar refractivity (Wildman–Crippen MR) is 132 cm³/mol. The summed E-state index contributed by atoms with van der Waals surface area (Å²) in [6.45, 7) is 7.15. The molecule has 9 heteroatoms. The summed E-state index contributed by atoms with van der Waals surface area (Å²) in [5, 5.41) is 16.7. The van der Waals surface area contributed by atoms with Crippen LogP contribution in [0.5, 0.6) is 0 Å². The van der Waals surface area contributed by atoms with E-state index in [1.54, 1.807) is 6.07 Å². The number of aliphatic imine (C=N–C) groups is 1. The van der Waals surface area contributed by atoms with Crippen molar-refractivity contribution in [2.24, 2.45) is 4.99 Å². The maximum atomic E-state index is 10.3. The molecule has 1 aromatic heterocycles. The molecule has 2 heterocycles. The molecule has 3 rings (SSSR count). The van der Waals surface area contributed by atoms with Crippen LogP contribution in [0.25, 0.3) is 0 Å². The molecular formula is C20H28ClIN4O2S. The first kappa shape index (κ1) is 24.2. The Kier molecular flexibility index (Phi) is 10.5. The van der Waals surface area contributed by atoms with Crippen LogP contribution in [0.3, 0.4) is 0 Å². The molecule has 1 atom stereocenters. The molecule has 29 heavy (non-hydrogen) atoms. The van der Waals surface area contributed by atoms with Crippen molar-refractivity contribution in [3.05, 3.63) is 51.2 Å². The van der Waals surface area contributed by atoms with Crippen molar-refractivity contribution >= 4 is 58.6 Å². The van der Waals surface area contributed by atoms with Crippen LogP contribution in [-0.4, -0.2) is 50.5 Å². The Labute approximate surface area is 198 Å². The van der Waals surface area contributed by atoms with Crippen molar-refractivity contribution in [3.63, 3.8) is 0 Å². The smallest absolute Gasteiger partial charge is 0.191 e. The number of hydrogen-bond donors (Lipinski definition) is 3. The Bertz CT molecular complexity index is 766. The van der Waals surface area contributed by atoms with Gasteiger partial charge in [-0.25, -0.2) is 4.99 Å². The van der Waals surface area contributed by atoms with E-state index in [9.17, 15) is 5.11 Å². The van der Waals surface area contributed by atoms with Gasteiger partial charge in [-0.15, -0.1) is 35.3 Å². The van der Waals surface area contributed by atoms with E-state index < -0.39 is 6.10 Å². The number of rotatable bonds is 7. The summed E-state index contributed by atoms with van der Waals surface area (Å²) in [4.78, 5) is 7.80. The second-order valence-corrected chi connectivity index (χ2v) is 8.25. The Morgan fingerprint density at radius 3 is 2.55 bits per heavy atom. The van der Waals surface area contributed by atoms with Crippen molar-refractivity contribution in [2.75, 3.05) is 44.3 Å². The SMILES string of the molecule is CCNC(=NCc1ccc(N2CCOCC2)cc1)NCC(O)c1ccc(Cl)s1.I. The second kappa shape index (κ2) is 12.6. The van der Waals surface area contributed by atoms with E-state index >= 15 is 0 Å². The molecule has 0 spiro atoms. The summed E-state index contributed by atoms with van der Waals surface area (Å²) in [6, 6.07) is 12.1. The summed E-state index contributed by atoms with van der Waals surface area (Å²) >= 11 is 7.32. The van der Waals surface area contributed by atoms with Crippen LogP contribution in [0.4, 0.5) is 5.69 Å². The van der Waals surface area contributed by atoms with Crippen LogP contribution in [0.15, 0.2) is 41.4 Å². The van der Waals surface area contributed by atoms with Crippen molar-refractivity contribution in [3.8, 4) is 0 Å². The van der Waals surface area contributed by atoms with E-state index in [4.69, 9.17) is 16.3 Å². The maximum absolute atomic E-state index is 10.3. The molecule has 1 saturated heterocycles. The maximum Gasteiger partial charge on any atom is 0.191 e. The summed E-state index contributed by atoms with van der Waals surface area (Å²) < 4.78 is 6.08. The molecular weight excluding hydrogens is 523 g/mol. The van der Waals surface area contributed by atoms with Gasteiger partial charge in [0.25, 0.3) is 0 Å². The number of nitrogens with one attached hydrogen (secondary N) is 2. The lowest BCUT2D eigenvalue weighted by Crippen LogP contribution is -2.39. The molecule has 0 radical (unpaired) electrons. The number of benzene rings is 1. The molecule has 1 fully saturated rings. The van der Waals surface area contributed by atoms with Gasteiger partial charge in [0, 0.05) is 36.7 Å². The molecule has 1 aliphatic rings. The van der Waals surface area contributed by atoms with Crippen molar-refractivity contribution in [1.29, 1.82) is 0 Å². The third kappa shape index (κ3) is 7.60. The van der Waals surface area contributed by atoms with Crippen LogP contribution in [0.2, 0.25) is 4.34 Å². The van der Waals surface area contributed by atoms with E-state index in [0.29, 0.717) is 23.4 Å². The molecule has 0 aliphatic carbocycles. The van der Waals surface area contributed by atoms with Gasteiger partial charge in [0.15, 0.2) is 5.96 Å². The number of anilines is 1. The van der Waals surface area contributed by atoms with Crippen LogP contribution < -0.4 is 15.5 Å². The largest absolute Gasteiger partial charge is 0.386 e. The first-order valence-electron chi connectivity index (χ1n) is 9.53. The molecule has 0 bridgehead atoms. The lowest BCUT2D eigenvalue weighted by molar-refractivity contribution is 0.122. The number of aliphatic hydroxyl groups is 1. The minimum atomic E-state index is -0.617. The van der Waals surface area contributed by atoms with Gasteiger partial charge in [-0.1, -0.05) is 23.7 Å². The number of thiophene rings is 1. The molecule has 0 amide bonds. The standard InChI is InChI=1S/C20H27ClN4O2S.HI/c1-2-22-20(24-14-17(26)18-7-8-19(21)28-18)23-13-15-3-5-16(6-4-15)25-9-11-27-12-10-25;/h3-8,17,26H,2,9-14H2,1H3,(H2,22,23,24);1H. The molecule has 160 valence electrons. The van der Waals surface area contributed by atoms with E-state index in [-0.39, 0.29) is 24.0 Å². The summed E-state index contributed by atoms with van der Waals surface area (Å²) in [5.41, 5.74) is 2.36. The fraction of sp³-hybridized carbons (Fsp3) is 0.450. The van der Waals surface area contributed by atoms with E-state index in [0.717, 1.165) is 43.3 Å². The van der Waals surface area contributed by atoms with Gasteiger partial charge in [0.05, 0.1) is 24.1 Å². The first-order valence-corrected chi connectivity index (χ1v) is 10.7. The molecule has 3 N–H and O–H groups in total. The molecule has 0 saturated carbocycles. The highest BCUT2D eigenvalue weighted by Crippen LogP contribution is 2.26. The van der Waals surface area contributed by atoms with E-state index in [2.05, 4.69) is 44.8 Å². The quantitative estimate of drug-likeness (QED) is 0.279. The van der Waals surface area contributed by atoms with Gasteiger partial charge >= 0.3 is 0 Å². The predicted octanol–water partition coefficient (Wildman–Crippen LogP) is 3.64. The summed E-state index contributed by atoms with van der Waals surface area (Å²) in [7, 11) is 0. The number of guanidine groups is 1. The number of aliphatic hydroxyl groups excluding tert-OH is 1. The highest BCUT2D eigenvalue weighted by molar-refractivity contribution is 14.0. The summed E-state index contributed by atoms with van der Waals surface area (Å²) in [5.74, 6) is 0.682. The molecule has 1 aliphatic heterocycles. The van der Waals surface area contributed by atoms with Crippen LogP contribution >= 0.6 is 46.9 Å². The highest BCUT2D eigenvalue weighted by atomic mass is 127. The van der Waals surface area contributed by atoms with Gasteiger partial charge < -0.3 is 25.4 Å². The van der Waals surface area contributed by atoms with Gasteiger partial charge in [-0.3, -0.25) is 0 Å². The molecule has 2 aromatic rings. The van der Waals surface area contributed by atoms with Crippen molar-refractivity contribution in [2.45, 2.75) is 19.6 Å². The van der Waals surface area contributed by atoms with E-state index in [1.165, 1.54) is 17.0 Å². The molecule has 1 unspecified atom stereocenters. The number of hydrogen-bond acceptors (Lipinski definition) is 5. The third-order valence-electron chi connectivity index (χ3n) is 4.46. The van der Waals surface area contributed by atoms with Crippen LogP contribution in [0, 0.1) is 0 Å². The minimum absolute atomic E-state index is 0. The lowest BCUT2D eigenvalue weighted by Gasteiger charge is -2.28. The van der Waals surface area contributed by atoms with E-state index in [1.807, 2.05) is 13.0 Å². The lowest BCUT2D eigenvalue weighted by atomic mass is 10.2. The zero-order chi connectivity index (χ0) is 19.8. The number of ether oxygens (including phenoxy) is 1. The Hall–Kier alpha value is -1.07. The number of nitrogens with zero attached hydrogens (tertiary/aromatic N) is 2. The zero-order valence-electron chi connectivity index (χ0n) is 16.4. The number of halogens is 2. The van der Waals surface area contributed by atoms with Crippen LogP contribution in [0.1, 0.15) is 23.5 Å². The van der Waals surface area contributed by atoms with Gasteiger partial charge in [0.2, 0.25) is 0 Å². The zero-order valence-corrected chi connectivity index (χ0v) is 20.3. The van der Waals surface area contributed by atoms with Gasteiger partial charge in [-0.05, 0) is 36.8 Å². The fourth-order valence-corrected chi connectivity index (χ4v) is 3.99. The summed E-state index contributed by atoms with van der Waals surface area (Å²) in [6.07, 6.45) is -0.617. The Morgan fingerprint density at radius 2 is 1.93 bits per heavy atom. The normalized spacial score (nSPS) is 15.6. The highest BCUT2D eigenvalue weighted by Gasteiger charge is 2.12. The minimum Gasteiger partial charge on any atom is -0.386 e. The topological polar surface area (TPSA) is 69.1 Å². The average Bonchev–Trinajstić information content (AvgIpc) is 3.17. The molecule has 6 nitrogen and oxygen atoms in total. The van der Waals surface area contributed by atoms with Crippen LogP contribution in [-0.2, 0) is 11.3 Å². The van der Waals surface area contributed by atoms with Crippen molar-refractivity contribution in [1.82, 2.24) is 10.6 Å². The average molecular weight is 551 g/mol. The Morgan fingerprint density at radius 1 is 1.21 bits per heavy atom. The van der Waals surface area contributed by atoms with Gasteiger partial charge in [0.1, 0.15) is 6.10 Å². The van der Waals surface area contributed by atoms with Gasteiger partial charge in [-0.2, -0.15) is 0 Å². The molecule has 1 aromatic carbocycles. The van der Waals surface area contributed by atoms with Crippen molar-refractivity contribution < 1.29 is 9.84 Å². The monoisotopic (exact) mass is 550 g/mol. The second-order valence-electron chi connectivity index (χ2n) is 6.50. The number of morpholine rings is 1. The first-order chi connectivity index (χ1) is 13.7. The Balaban J connectivity index is 0.00000300. The fourth-order valence-electron chi connectivity index (χ4n) is 2.95. The third-order valence-corrected chi connectivity index (χ3v) is 5.79.